The van der Waals surface area contributed by atoms with Crippen LogP contribution in [0.2, 0.25) is 0 Å². The van der Waals surface area contributed by atoms with Crippen LogP contribution in [0.1, 0.15) is 21.7 Å². The fourth-order valence-corrected chi connectivity index (χ4v) is 5.40. The van der Waals surface area contributed by atoms with Gasteiger partial charge in [-0.2, -0.15) is 4.31 Å². The number of rotatable bonds is 4. The zero-order valence-electron chi connectivity index (χ0n) is 17.3. The zero-order chi connectivity index (χ0) is 22.2. The SMILES string of the molecule is Cc1ccc(C)c(S(=O)(=O)N2CCN(C(=O)c3ccc(-c4ccccc4F)o3)CC2)c1. The van der Waals surface area contributed by atoms with Crippen molar-refractivity contribution in [1.29, 1.82) is 0 Å². The molecule has 1 fully saturated rings. The topological polar surface area (TPSA) is 70.8 Å². The van der Waals surface area contributed by atoms with Gasteiger partial charge >= 0.3 is 0 Å². The number of halogens is 1. The van der Waals surface area contributed by atoms with E-state index in [0.717, 1.165) is 5.56 Å². The molecule has 1 amide bonds. The number of aryl methyl sites for hydroxylation is 2. The average Bonchev–Trinajstić information content (AvgIpc) is 3.25. The van der Waals surface area contributed by atoms with Gasteiger partial charge in [-0.1, -0.05) is 24.3 Å². The molecule has 0 radical (unpaired) electrons. The monoisotopic (exact) mass is 442 g/mol. The van der Waals surface area contributed by atoms with E-state index >= 15 is 0 Å². The smallest absolute Gasteiger partial charge is 0.289 e. The lowest BCUT2D eigenvalue weighted by Gasteiger charge is -2.33. The summed E-state index contributed by atoms with van der Waals surface area (Å²) < 4.78 is 47.1. The van der Waals surface area contributed by atoms with Crippen molar-refractivity contribution in [3.05, 3.63) is 77.3 Å². The van der Waals surface area contributed by atoms with Crippen LogP contribution in [0.4, 0.5) is 4.39 Å². The quantitative estimate of drug-likeness (QED) is 0.615. The summed E-state index contributed by atoms with van der Waals surface area (Å²) in [7, 11) is -3.64. The second-order valence-corrected chi connectivity index (χ2v) is 9.52. The Bertz CT molecular complexity index is 1230. The molecule has 1 aliphatic rings. The third kappa shape index (κ3) is 4.13. The van der Waals surface area contributed by atoms with E-state index in [1.165, 1.54) is 16.4 Å². The minimum Gasteiger partial charge on any atom is -0.451 e. The maximum atomic E-state index is 14.0. The van der Waals surface area contributed by atoms with Crippen molar-refractivity contribution < 1.29 is 22.0 Å². The molecule has 4 rings (SSSR count). The van der Waals surface area contributed by atoms with Crippen molar-refractivity contribution in [3.8, 4) is 11.3 Å². The predicted molar refractivity (Wildman–Crippen MR) is 115 cm³/mol. The Morgan fingerprint density at radius 1 is 0.968 bits per heavy atom. The molecule has 0 bridgehead atoms. The second kappa shape index (κ2) is 8.28. The van der Waals surface area contributed by atoms with Crippen LogP contribution in [0.15, 0.2) is 63.9 Å². The Hall–Kier alpha value is -2.97. The predicted octanol–water partition coefficient (Wildman–Crippen LogP) is 3.85. The Kier molecular flexibility index (Phi) is 5.68. The Morgan fingerprint density at radius 2 is 1.68 bits per heavy atom. The van der Waals surface area contributed by atoms with E-state index in [4.69, 9.17) is 4.42 Å². The highest BCUT2D eigenvalue weighted by Gasteiger charge is 2.32. The second-order valence-electron chi connectivity index (χ2n) is 7.61. The van der Waals surface area contributed by atoms with Crippen LogP contribution < -0.4 is 0 Å². The zero-order valence-corrected chi connectivity index (χ0v) is 18.2. The van der Waals surface area contributed by atoms with E-state index in [2.05, 4.69) is 0 Å². The molecule has 0 atom stereocenters. The Labute approximate surface area is 180 Å². The number of carbonyl (C=O) groups is 1. The van der Waals surface area contributed by atoms with Crippen LogP contribution in [-0.4, -0.2) is 49.7 Å². The number of furan rings is 1. The van der Waals surface area contributed by atoms with Crippen molar-refractivity contribution in [2.75, 3.05) is 26.2 Å². The Morgan fingerprint density at radius 3 is 2.39 bits per heavy atom. The lowest BCUT2D eigenvalue weighted by atomic mass is 10.1. The van der Waals surface area contributed by atoms with Gasteiger partial charge in [-0.3, -0.25) is 4.79 Å². The summed E-state index contributed by atoms with van der Waals surface area (Å²) in [6, 6.07) is 14.6. The summed E-state index contributed by atoms with van der Waals surface area (Å²) in [6.45, 7) is 4.52. The van der Waals surface area contributed by atoms with Crippen LogP contribution in [0, 0.1) is 19.7 Å². The van der Waals surface area contributed by atoms with E-state index in [0.29, 0.717) is 10.5 Å². The first kappa shape index (κ1) is 21.3. The molecular formula is C23H23FN2O4S. The van der Waals surface area contributed by atoms with E-state index < -0.39 is 15.8 Å². The molecule has 6 nitrogen and oxygen atoms in total. The van der Waals surface area contributed by atoms with Crippen molar-refractivity contribution in [1.82, 2.24) is 9.21 Å². The van der Waals surface area contributed by atoms with E-state index in [1.54, 1.807) is 48.2 Å². The highest BCUT2D eigenvalue weighted by atomic mass is 32.2. The fourth-order valence-electron chi connectivity index (χ4n) is 3.67. The molecule has 162 valence electrons. The lowest BCUT2D eigenvalue weighted by molar-refractivity contribution is 0.0667. The average molecular weight is 443 g/mol. The minimum atomic E-state index is -3.64. The maximum absolute atomic E-state index is 14.0. The molecule has 2 aromatic carbocycles. The van der Waals surface area contributed by atoms with Crippen LogP contribution >= 0.6 is 0 Å². The van der Waals surface area contributed by atoms with Gasteiger partial charge < -0.3 is 9.32 Å². The molecule has 31 heavy (non-hydrogen) atoms. The van der Waals surface area contributed by atoms with Crippen LogP contribution in [-0.2, 0) is 10.0 Å². The summed E-state index contributed by atoms with van der Waals surface area (Å²) in [5, 5.41) is 0. The van der Waals surface area contributed by atoms with Gasteiger partial charge in [0.25, 0.3) is 5.91 Å². The Balaban J connectivity index is 1.46. The lowest BCUT2D eigenvalue weighted by Crippen LogP contribution is -2.50. The van der Waals surface area contributed by atoms with Gasteiger partial charge in [-0.25, -0.2) is 12.8 Å². The molecule has 1 aliphatic heterocycles. The van der Waals surface area contributed by atoms with Gasteiger partial charge in [0.1, 0.15) is 11.6 Å². The first-order chi connectivity index (χ1) is 14.8. The molecule has 0 spiro atoms. The number of carbonyl (C=O) groups excluding carboxylic acids is 1. The first-order valence-corrected chi connectivity index (χ1v) is 11.4. The molecule has 0 aliphatic carbocycles. The molecule has 0 unspecified atom stereocenters. The molecule has 1 saturated heterocycles. The number of benzene rings is 2. The highest BCUT2D eigenvalue weighted by molar-refractivity contribution is 7.89. The number of sulfonamides is 1. The van der Waals surface area contributed by atoms with E-state index in [9.17, 15) is 17.6 Å². The number of hydrogen-bond donors (Lipinski definition) is 0. The largest absolute Gasteiger partial charge is 0.451 e. The van der Waals surface area contributed by atoms with Gasteiger partial charge in [0.15, 0.2) is 5.76 Å². The van der Waals surface area contributed by atoms with Gasteiger partial charge in [0.05, 0.1) is 10.5 Å². The molecular weight excluding hydrogens is 419 g/mol. The highest BCUT2D eigenvalue weighted by Crippen LogP contribution is 2.26. The van der Waals surface area contributed by atoms with Gasteiger partial charge in [0, 0.05) is 26.2 Å². The summed E-state index contributed by atoms with van der Waals surface area (Å²) in [4.78, 5) is 14.7. The summed E-state index contributed by atoms with van der Waals surface area (Å²) in [5.74, 6) is -0.394. The first-order valence-electron chi connectivity index (χ1n) is 9.99. The molecule has 0 saturated carbocycles. The number of piperazine rings is 1. The summed E-state index contributed by atoms with van der Waals surface area (Å²) in [5.41, 5.74) is 1.85. The number of nitrogens with zero attached hydrogens (tertiary/aromatic N) is 2. The van der Waals surface area contributed by atoms with Crippen LogP contribution in [0.5, 0.6) is 0 Å². The minimum absolute atomic E-state index is 0.101. The molecule has 1 aromatic heterocycles. The van der Waals surface area contributed by atoms with E-state index in [-0.39, 0.29) is 49.2 Å². The third-order valence-corrected chi connectivity index (χ3v) is 7.48. The molecule has 2 heterocycles. The standard InChI is InChI=1S/C23H23FN2O4S/c1-16-7-8-17(2)22(15-16)31(28,29)26-13-11-25(12-14-26)23(27)21-10-9-20(30-21)18-5-3-4-6-19(18)24/h3-10,15H,11-14H2,1-2H3. The van der Waals surface area contributed by atoms with E-state index in [1.807, 2.05) is 13.0 Å². The third-order valence-electron chi connectivity index (χ3n) is 5.44. The van der Waals surface area contributed by atoms with Crippen LogP contribution in [0.25, 0.3) is 11.3 Å². The summed E-state index contributed by atoms with van der Waals surface area (Å²) >= 11 is 0. The fraction of sp³-hybridized carbons (Fsp3) is 0.261. The van der Waals surface area contributed by atoms with Crippen molar-refractivity contribution >= 4 is 15.9 Å². The van der Waals surface area contributed by atoms with Crippen LogP contribution in [0.3, 0.4) is 0 Å². The molecule has 0 N–H and O–H groups in total. The number of hydrogen-bond acceptors (Lipinski definition) is 4. The number of amides is 1. The maximum Gasteiger partial charge on any atom is 0.289 e. The summed E-state index contributed by atoms with van der Waals surface area (Å²) in [6.07, 6.45) is 0. The molecule has 8 heteroatoms. The van der Waals surface area contributed by atoms with Crippen molar-refractivity contribution in [2.24, 2.45) is 0 Å². The van der Waals surface area contributed by atoms with Crippen molar-refractivity contribution in [3.63, 3.8) is 0 Å². The normalized spacial score (nSPS) is 15.3. The van der Waals surface area contributed by atoms with Gasteiger partial charge in [-0.15, -0.1) is 0 Å². The molecule has 3 aromatic rings. The van der Waals surface area contributed by atoms with Gasteiger partial charge in [0.2, 0.25) is 10.0 Å². The van der Waals surface area contributed by atoms with Gasteiger partial charge in [-0.05, 0) is 55.3 Å². The van der Waals surface area contributed by atoms with Crippen molar-refractivity contribution in [2.45, 2.75) is 18.7 Å².